The quantitative estimate of drug-likeness (QED) is 0.301. The Morgan fingerprint density at radius 1 is 1.11 bits per heavy atom. The van der Waals surface area contributed by atoms with Crippen LogP contribution in [0.25, 0.3) is 11.4 Å². The van der Waals surface area contributed by atoms with E-state index >= 15 is 0 Å². The van der Waals surface area contributed by atoms with Crippen molar-refractivity contribution in [3.8, 4) is 11.4 Å². The Balaban J connectivity index is 1.32. The molecule has 4 N–H and O–H groups in total. The molecule has 0 atom stereocenters. The molecule has 0 spiro atoms. The predicted octanol–water partition coefficient (Wildman–Crippen LogP) is 3.77. The third kappa shape index (κ3) is 5.54. The molecule has 10 nitrogen and oxygen atoms in total. The molecule has 4 aromatic rings. The Bertz CT molecular complexity index is 1350. The lowest BCUT2D eigenvalue weighted by atomic mass is 9.87. The van der Waals surface area contributed by atoms with E-state index in [2.05, 4.69) is 56.9 Å². The van der Waals surface area contributed by atoms with Gasteiger partial charge in [-0.1, -0.05) is 26.8 Å². The molecule has 37 heavy (non-hydrogen) atoms. The van der Waals surface area contributed by atoms with E-state index in [0.29, 0.717) is 17.3 Å². The number of pyridine rings is 1. The van der Waals surface area contributed by atoms with Crippen molar-refractivity contribution in [2.45, 2.75) is 51.1 Å². The SMILES string of the molecule is CC(C)(C)c1coc(CNC(=O)c2cccc(NC3(c4nc(-c5ccncc5)n[nH]4)CCNCC3)c2)n1. The molecular formula is C27H32N8O2. The molecule has 3 aromatic heterocycles. The molecule has 10 heteroatoms. The Morgan fingerprint density at radius 2 is 1.89 bits per heavy atom. The topological polar surface area (TPSA) is 134 Å². The molecule has 0 saturated carbocycles. The van der Waals surface area contributed by atoms with Crippen molar-refractivity contribution < 1.29 is 9.21 Å². The second kappa shape index (κ2) is 10.1. The number of benzene rings is 1. The molecule has 5 rings (SSSR count). The molecule has 1 aliphatic rings. The van der Waals surface area contributed by atoms with E-state index in [1.165, 1.54) is 0 Å². The van der Waals surface area contributed by atoms with Gasteiger partial charge in [0.05, 0.1) is 17.8 Å². The van der Waals surface area contributed by atoms with Crippen molar-refractivity contribution in [3.63, 3.8) is 0 Å². The number of hydrogen-bond acceptors (Lipinski definition) is 8. The molecule has 1 saturated heterocycles. The maximum absolute atomic E-state index is 12.9. The van der Waals surface area contributed by atoms with E-state index in [0.717, 1.165) is 48.7 Å². The third-order valence-electron chi connectivity index (χ3n) is 6.56. The zero-order valence-electron chi connectivity index (χ0n) is 21.3. The van der Waals surface area contributed by atoms with Gasteiger partial charge in [-0.3, -0.25) is 14.9 Å². The minimum atomic E-state index is -0.444. The number of carbonyl (C=O) groups is 1. The highest BCUT2D eigenvalue weighted by molar-refractivity contribution is 5.95. The number of aromatic nitrogens is 5. The van der Waals surface area contributed by atoms with Gasteiger partial charge >= 0.3 is 0 Å². The monoisotopic (exact) mass is 500 g/mol. The molecule has 1 aromatic carbocycles. The highest BCUT2D eigenvalue weighted by atomic mass is 16.3. The number of carbonyl (C=O) groups excluding carboxylic acids is 1. The fraction of sp³-hybridized carbons (Fsp3) is 0.370. The number of hydrogen-bond donors (Lipinski definition) is 4. The second-order valence-electron chi connectivity index (χ2n) is 10.3. The first-order valence-electron chi connectivity index (χ1n) is 12.5. The van der Waals surface area contributed by atoms with E-state index in [4.69, 9.17) is 9.40 Å². The summed E-state index contributed by atoms with van der Waals surface area (Å²) in [7, 11) is 0. The van der Waals surface area contributed by atoms with Crippen LogP contribution in [0.2, 0.25) is 0 Å². The van der Waals surface area contributed by atoms with Gasteiger partial charge in [-0.05, 0) is 56.3 Å². The van der Waals surface area contributed by atoms with Crippen LogP contribution >= 0.6 is 0 Å². The smallest absolute Gasteiger partial charge is 0.251 e. The first kappa shape index (κ1) is 24.6. The van der Waals surface area contributed by atoms with Gasteiger partial charge in [-0.15, -0.1) is 0 Å². The average Bonchev–Trinajstić information content (AvgIpc) is 3.59. The molecule has 0 bridgehead atoms. The molecule has 0 unspecified atom stereocenters. The van der Waals surface area contributed by atoms with Gasteiger partial charge in [-0.2, -0.15) is 5.10 Å². The summed E-state index contributed by atoms with van der Waals surface area (Å²) < 4.78 is 5.53. The van der Waals surface area contributed by atoms with Crippen LogP contribution in [-0.2, 0) is 17.5 Å². The Kier molecular flexibility index (Phi) is 6.75. The van der Waals surface area contributed by atoms with Crippen LogP contribution in [0.5, 0.6) is 0 Å². The van der Waals surface area contributed by atoms with Crippen molar-refractivity contribution in [2.75, 3.05) is 18.4 Å². The van der Waals surface area contributed by atoms with E-state index in [9.17, 15) is 4.79 Å². The largest absolute Gasteiger partial charge is 0.447 e. The average molecular weight is 501 g/mol. The van der Waals surface area contributed by atoms with Crippen LogP contribution in [0, 0.1) is 0 Å². The van der Waals surface area contributed by atoms with Crippen molar-refractivity contribution in [2.24, 2.45) is 0 Å². The minimum Gasteiger partial charge on any atom is -0.447 e. The summed E-state index contributed by atoms with van der Waals surface area (Å²) in [6, 6.07) is 11.3. The number of oxazole rings is 1. The number of anilines is 1. The molecule has 0 aliphatic carbocycles. The maximum Gasteiger partial charge on any atom is 0.251 e. The summed E-state index contributed by atoms with van der Waals surface area (Å²) in [4.78, 5) is 26.3. The van der Waals surface area contributed by atoms with Gasteiger partial charge in [0.2, 0.25) is 5.89 Å². The Morgan fingerprint density at radius 3 is 2.62 bits per heavy atom. The predicted molar refractivity (Wildman–Crippen MR) is 140 cm³/mol. The number of H-pyrrole nitrogens is 1. The lowest BCUT2D eigenvalue weighted by Crippen LogP contribution is -2.46. The molecular weight excluding hydrogens is 468 g/mol. The van der Waals surface area contributed by atoms with Crippen molar-refractivity contribution >= 4 is 11.6 Å². The summed E-state index contributed by atoms with van der Waals surface area (Å²) in [6.07, 6.45) is 6.73. The van der Waals surface area contributed by atoms with Gasteiger partial charge in [-0.25, -0.2) is 9.97 Å². The zero-order valence-corrected chi connectivity index (χ0v) is 21.3. The van der Waals surface area contributed by atoms with Crippen LogP contribution in [-0.4, -0.2) is 44.1 Å². The summed E-state index contributed by atoms with van der Waals surface area (Å²) in [5.41, 5.74) is 2.59. The van der Waals surface area contributed by atoms with Crippen LogP contribution in [0.1, 0.15) is 61.4 Å². The fourth-order valence-corrected chi connectivity index (χ4v) is 4.39. The Labute approximate surface area is 215 Å². The van der Waals surface area contributed by atoms with Crippen LogP contribution in [0.4, 0.5) is 5.69 Å². The van der Waals surface area contributed by atoms with Gasteiger partial charge in [0.1, 0.15) is 6.26 Å². The highest BCUT2D eigenvalue weighted by Gasteiger charge is 2.37. The third-order valence-corrected chi connectivity index (χ3v) is 6.56. The molecule has 192 valence electrons. The van der Waals surface area contributed by atoms with Crippen LogP contribution < -0.4 is 16.0 Å². The zero-order chi connectivity index (χ0) is 25.9. The maximum atomic E-state index is 12.9. The van der Waals surface area contributed by atoms with Crippen LogP contribution in [0.15, 0.2) is 59.5 Å². The number of amides is 1. The highest BCUT2D eigenvalue weighted by Crippen LogP contribution is 2.34. The van der Waals surface area contributed by atoms with Gasteiger partial charge < -0.3 is 20.4 Å². The van der Waals surface area contributed by atoms with Gasteiger partial charge in [0, 0.05) is 34.6 Å². The summed E-state index contributed by atoms with van der Waals surface area (Å²) in [6.45, 7) is 8.10. The minimum absolute atomic E-state index is 0.112. The van der Waals surface area contributed by atoms with Crippen molar-refractivity contribution in [1.82, 2.24) is 35.8 Å². The van der Waals surface area contributed by atoms with Crippen molar-refractivity contribution in [3.05, 3.63) is 78.0 Å². The number of nitrogens with one attached hydrogen (secondary N) is 4. The van der Waals surface area contributed by atoms with E-state index in [1.54, 1.807) is 24.7 Å². The standard InChI is InChI=1S/C27H32N8O2/c1-26(2,3)21-17-37-22(31-21)16-30-24(36)19-5-4-6-20(15-19)33-27(9-13-29-14-10-27)25-32-23(34-35-25)18-7-11-28-12-8-18/h4-8,11-12,15,17,29,33H,9-10,13-14,16H2,1-3H3,(H,30,36)(H,32,34,35). The lowest BCUT2D eigenvalue weighted by molar-refractivity contribution is 0.0947. The van der Waals surface area contributed by atoms with E-state index in [-0.39, 0.29) is 17.9 Å². The fourth-order valence-electron chi connectivity index (χ4n) is 4.39. The number of rotatable bonds is 7. The first-order chi connectivity index (χ1) is 17.8. The summed E-state index contributed by atoms with van der Waals surface area (Å²) in [5, 5.41) is 17.6. The summed E-state index contributed by atoms with van der Waals surface area (Å²) in [5.74, 6) is 1.69. The lowest BCUT2D eigenvalue weighted by Gasteiger charge is -2.37. The molecule has 1 amide bonds. The Hall–Kier alpha value is -4.05. The first-order valence-corrected chi connectivity index (χ1v) is 12.5. The van der Waals surface area contributed by atoms with Gasteiger partial charge in [0.15, 0.2) is 11.6 Å². The van der Waals surface area contributed by atoms with E-state index < -0.39 is 5.54 Å². The number of nitrogens with zero attached hydrogens (tertiary/aromatic N) is 4. The molecule has 0 radical (unpaired) electrons. The van der Waals surface area contributed by atoms with Crippen molar-refractivity contribution in [1.29, 1.82) is 0 Å². The normalized spacial score (nSPS) is 15.3. The second-order valence-corrected chi connectivity index (χ2v) is 10.3. The molecule has 1 fully saturated rings. The summed E-state index contributed by atoms with van der Waals surface area (Å²) >= 11 is 0. The van der Waals surface area contributed by atoms with E-state index in [1.807, 2.05) is 30.3 Å². The number of aromatic amines is 1. The van der Waals surface area contributed by atoms with Crippen LogP contribution in [0.3, 0.4) is 0 Å². The molecule has 4 heterocycles. The molecule has 1 aliphatic heterocycles. The van der Waals surface area contributed by atoms with Gasteiger partial charge in [0.25, 0.3) is 5.91 Å². The number of piperidine rings is 1.